The summed E-state index contributed by atoms with van der Waals surface area (Å²) in [6, 6.07) is 16.9. The summed E-state index contributed by atoms with van der Waals surface area (Å²) in [5, 5.41) is 5.07. The Morgan fingerprint density at radius 3 is 2.17 bits per heavy atom. The molecule has 0 bridgehead atoms. The molecule has 0 aliphatic carbocycles. The Morgan fingerprint density at radius 2 is 1.54 bits per heavy atom. The van der Waals surface area contributed by atoms with Crippen molar-refractivity contribution in [2.45, 2.75) is 16.2 Å². The first-order valence-corrected chi connectivity index (χ1v) is 12.8. The lowest BCUT2D eigenvalue weighted by Gasteiger charge is -2.12. The molecule has 3 aromatic rings. The highest BCUT2D eigenvalue weighted by Gasteiger charge is 2.26. The quantitative estimate of drug-likeness (QED) is 0.460. The minimum absolute atomic E-state index is 0.163. The van der Waals surface area contributed by atoms with Crippen LogP contribution in [0.5, 0.6) is 5.75 Å². The Hall–Kier alpha value is -3.79. The number of nitrogens with two attached hydrogens (primary N) is 1. The van der Waals surface area contributed by atoms with E-state index in [2.05, 4.69) is 11.8 Å². The fourth-order valence-corrected chi connectivity index (χ4v) is 5.20. The first-order valence-electron chi connectivity index (χ1n) is 9.78. The highest BCUT2D eigenvalue weighted by atomic mass is 32.2. The first-order chi connectivity index (χ1) is 16.5. The van der Waals surface area contributed by atoms with Crippen molar-refractivity contribution >= 4 is 26.0 Å². The third-order valence-electron chi connectivity index (χ3n) is 4.40. The Kier molecular flexibility index (Phi) is 7.85. The number of alkyl halides is 2. The Balaban J connectivity index is 1.94. The van der Waals surface area contributed by atoms with Gasteiger partial charge in [-0.1, -0.05) is 42.2 Å². The second-order valence-electron chi connectivity index (χ2n) is 6.96. The third-order valence-corrected chi connectivity index (χ3v) is 6.88. The minimum Gasteiger partial charge on any atom is -0.486 e. The molecular formula is C23H18F2N2O6S2. The fraction of sp³-hybridized carbons (Fsp3) is 0.0870. The van der Waals surface area contributed by atoms with Crippen molar-refractivity contribution in [3.05, 3.63) is 89.5 Å². The summed E-state index contributed by atoms with van der Waals surface area (Å²) in [4.78, 5) is 11.2. The molecule has 0 spiro atoms. The van der Waals surface area contributed by atoms with Crippen LogP contribution in [0.4, 0.5) is 8.78 Å². The summed E-state index contributed by atoms with van der Waals surface area (Å²) in [6.07, 6.45) is -2.81. The average molecular weight is 521 g/mol. The molecule has 0 aromatic heterocycles. The number of primary sulfonamides is 1. The molecule has 0 saturated heterocycles. The molecule has 0 heterocycles. The third kappa shape index (κ3) is 6.86. The molecule has 8 nitrogen and oxygen atoms in total. The summed E-state index contributed by atoms with van der Waals surface area (Å²) >= 11 is 0. The summed E-state index contributed by atoms with van der Waals surface area (Å²) in [5.41, 5.74) is 0.582. The number of carbonyl (C=O) groups is 1. The summed E-state index contributed by atoms with van der Waals surface area (Å²) in [5.74, 6) is 4.29. The second kappa shape index (κ2) is 10.6. The second-order valence-corrected chi connectivity index (χ2v) is 10.1. The topological polar surface area (TPSA) is 133 Å². The van der Waals surface area contributed by atoms with Crippen LogP contribution in [-0.4, -0.2) is 35.8 Å². The Labute approximate surface area is 200 Å². The van der Waals surface area contributed by atoms with Crippen LogP contribution >= 0.6 is 0 Å². The predicted octanol–water partition coefficient (Wildman–Crippen LogP) is 2.50. The molecule has 3 rings (SSSR count). The molecule has 0 radical (unpaired) electrons. The van der Waals surface area contributed by atoms with Gasteiger partial charge < -0.3 is 4.74 Å². The van der Waals surface area contributed by atoms with Gasteiger partial charge in [-0.25, -0.2) is 35.5 Å². The number of halogens is 2. The van der Waals surface area contributed by atoms with E-state index >= 15 is 0 Å². The highest BCUT2D eigenvalue weighted by molar-refractivity contribution is 7.92. The van der Waals surface area contributed by atoms with Crippen molar-refractivity contribution in [3.63, 3.8) is 0 Å². The first kappa shape index (κ1) is 25.8. The Bertz CT molecular complexity index is 1510. The van der Waals surface area contributed by atoms with Gasteiger partial charge in [0.15, 0.2) is 0 Å². The van der Waals surface area contributed by atoms with E-state index in [4.69, 9.17) is 9.88 Å². The standard InChI is InChI=1S/C23H18F2N2O6S2/c24-22(25)15-33-19-14-18(13-12-17(19)11-10-16-6-2-1-3-7-16)23(28)27-35(31,32)21-9-5-4-8-20(21)34(26,29)30/h1-9,12-14,22H,15H2,(H,27,28)(H2,26,29,30). The lowest BCUT2D eigenvalue weighted by Crippen LogP contribution is -2.32. The fourth-order valence-electron chi connectivity index (χ4n) is 2.84. The van der Waals surface area contributed by atoms with Crippen LogP contribution in [-0.2, 0) is 20.0 Å². The number of benzene rings is 3. The number of carbonyl (C=O) groups excluding carboxylic acids is 1. The molecule has 35 heavy (non-hydrogen) atoms. The zero-order valence-electron chi connectivity index (χ0n) is 17.8. The largest absolute Gasteiger partial charge is 0.486 e. The van der Waals surface area contributed by atoms with Gasteiger partial charge in [-0.15, -0.1) is 0 Å². The molecule has 0 aliphatic heterocycles. The number of rotatable bonds is 7. The number of ether oxygens (including phenoxy) is 1. The lowest BCUT2D eigenvalue weighted by molar-refractivity contribution is 0.0817. The molecule has 182 valence electrons. The molecule has 3 aromatic carbocycles. The van der Waals surface area contributed by atoms with Gasteiger partial charge in [-0.3, -0.25) is 4.79 Å². The van der Waals surface area contributed by atoms with Crippen molar-refractivity contribution in [2.24, 2.45) is 5.14 Å². The zero-order valence-corrected chi connectivity index (χ0v) is 19.4. The lowest BCUT2D eigenvalue weighted by atomic mass is 10.1. The summed E-state index contributed by atoms with van der Waals surface area (Å²) in [7, 11) is -9.07. The molecule has 0 aliphatic rings. The normalized spacial score (nSPS) is 11.4. The van der Waals surface area contributed by atoms with Crippen LogP contribution in [0.1, 0.15) is 21.5 Å². The molecule has 0 fully saturated rings. The van der Waals surface area contributed by atoms with E-state index in [0.717, 1.165) is 18.2 Å². The van der Waals surface area contributed by atoms with Gasteiger partial charge >= 0.3 is 0 Å². The van der Waals surface area contributed by atoms with Crippen LogP contribution in [0.25, 0.3) is 0 Å². The van der Waals surface area contributed by atoms with Crippen molar-refractivity contribution in [1.82, 2.24) is 4.72 Å². The van der Waals surface area contributed by atoms with Crippen LogP contribution < -0.4 is 14.6 Å². The van der Waals surface area contributed by atoms with Crippen molar-refractivity contribution in [1.29, 1.82) is 0 Å². The molecular weight excluding hydrogens is 502 g/mol. The molecule has 3 N–H and O–H groups in total. The number of hydrogen-bond acceptors (Lipinski definition) is 6. The number of amides is 1. The van der Waals surface area contributed by atoms with Gasteiger partial charge in [0.2, 0.25) is 10.0 Å². The van der Waals surface area contributed by atoms with E-state index in [1.807, 2.05) is 0 Å². The number of hydrogen-bond donors (Lipinski definition) is 2. The van der Waals surface area contributed by atoms with E-state index in [9.17, 15) is 30.4 Å². The van der Waals surface area contributed by atoms with E-state index < -0.39 is 48.8 Å². The van der Waals surface area contributed by atoms with Crippen LogP contribution in [0.2, 0.25) is 0 Å². The summed E-state index contributed by atoms with van der Waals surface area (Å²) in [6.45, 7) is -0.981. The van der Waals surface area contributed by atoms with Gasteiger partial charge in [0.1, 0.15) is 22.1 Å². The van der Waals surface area contributed by atoms with Gasteiger partial charge in [0.05, 0.1) is 5.56 Å². The van der Waals surface area contributed by atoms with Crippen molar-refractivity contribution in [3.8, 4) is 17.6 Å². The monoisotopic (exact) mass is 520 g/mol. The minimum atomic E-state index is -4.66. The highest BCUT2D eigenvalue weighted by Crippen LogP contribution is 2.23. The molecule has 0 unspecified atom stereocenters. The summed E-state index contributed by atoms with van der Waals surface area (Å²) < 4.78 is 81.2. The maximum atomic E-state index is 12.7. The number of nitrogens with one attached hydrogen (secondary N) is 1. The molecule has 0 atom stereocenters. The number of sulfonamides is 2. The van der Waals surface area contributed by atoms with Crippen molar-refractivity contribution < 1.29 is 35.1 Å². The van der Waals surface area contributed by atoms with Crippen LogP contribution in [0.3, 0.4) is 0 Å². The predicted molar refractivity (Wildman–Crippen MR) is 123 cm³/mol. The van der Waals surface area contributed by atoms with E-state index in [1.165, 1.54) is 24.3 Å². The SMILES string of the molecule is NS(=O)(=O)c1ccccc1S(=O)(=O)NC(=O)c1ccc(C#Cc2ccccc2)c(OCC(F)F)c1. The maximum absolute atomic E-state index is 12.7. The van der Waals surface area contributed by atoms with Gasteiger partial charge in [-0.2, -0.15) is 0 Å². The Morgan fingerprint density at radius 1 is 0.914 bits per heavy atom. The van der Waals surface area contributed by atoms with Crippen LogP contribution in [0.15, 0.2) is 82.6 Å². The van der Waals surface area contributed by atoms with E-state index in [-0.39, 0.29) is 16.9 Å². The van der Waals surface area contributed by atoms with E-state index in [1.54, 1.807) is 35.1 Å². The van der Waals surface area contributed by atoms with Crippen LogP contribution in [0, 0.1) is 11.8 Å². The maximum Gasteiger partial charge on any atom is 0.272 e. The molecule has 12 heteroatoms. The average Bonchev–Trinajstić information content (AvgIpc) is 2.81. The van der Waals surface area contributed by atoms with E-state index in [0.29, 0.717) is 5.56 Å². The van der Waals surface area contributed by atoms with Gasteiger partial charge in [0, 0.05) is 11.1 Å². The zero-order chi connectivity index (χ0) is 25.6. The van der Waals surface area contributed by atoms with Gasteiger partial charge in [0.25, 0.3) is 22.4 Å². The molecule has 1 amide bonds. The molecule has 0 saturated carbocycles. The smallest absolute Gasteiger partial charge is 0.272 e. The van der Waals surface area contributed by atoms with Gasteiger partial charge in [-0.05, 0) is 42.5 Å². The van der Waals surface area contributed by atoms with Crippen molar-refractivity contribution in [2.75, 3.05) is 6.61 Å².